The molecule has 0 spiro atoms. The molecule has 23 heavy (non-hydrogen) atoms. The molecule has 0 atom stereocenters. The Balaban J connectivity index is 2.52. The lowest BCUT2D eigenvalue weighted by Gasteiger charge is -2.22. The van der Waals surface area contributed by atoms with Gasteiger partial charge >= 0.3 is 6.03 Å². The average Bonchev–Trinajstić information content (AvgIpc) is 2.55. The number of barbiturate groups is 1. The number of rotatable bonds is 4. The first kappa shape index (κ1) is 16.3. The summed E-state index contributed by atoms with van der Waals surface area (Å²) in [5, 5.41) is 2.08. The van der Waals surface area contributed by atoms with Crippen LogP contribution < -0.4 is 19.5 Å². The number of ether oxygens (including phenoxy) is 3. The molecule has 1 aromatic rings. The van der Waals surface area contributed by atoms with Crippen LogP contribution in [0.1, 0.15) is 5.56 Å². The van der Waals surface area contributed by atoms with E-state index in [1.807, 2.05) is 0 Å². The van der Waals surface area contributed by atoms with Crippen LogP contribution in [0.25, 0.3) is 6.08 Å². The summed E-state index contributed by atoms with van der Waals surface area (Å²) in [5.74, 6) is -0.290. The van der Waals surface area contributed by atoms with Crippen molar-refractivity contribution >= 4 is 23.9 Å². The maximum absolute atomic E-state index is 12.1. The van der Waals surface area contributed by atoms with Crippen LogP contribution in [0.2, 0.25) is 0 Å². The van der Waals surface area contributed by atoms with Gasteiger partial charge in [0.1, 0.15) is 5.57 Å². The largest absolute Gasteiger partial charge is 0.493 e. The van der Waals surface area contributed by atoms with Crippen LogP contribution in [0.5, 0.6) is 17.2 Å². The standard InChI is InChI=1S/C15H16N2O6/c1-17-14(19)9(13(18)16-15(17)20)5-8-6-10(21-2)12(23-4)11(7-8)22-3/h5-7H,1-4H3,(H,16,18,20). The number of methoxy groups -OCH3 is 3. The molecule has 1 aromatic carbocycles. The van der Waals surface area contributed by atoms with E-state index >= 15 is 0 Å². The Morgan fingerprint density at radius 1 is 1.00 bits per heavy atom. The summed E-state index contributed by atoms with van der Waals surface area (Å²) in [5.41, 5.74) is 0.321. The van der Waals surface area contributed by atoms with Gasteiger partial charge in [-0.1, -0.05) is 0 Å². The van der Waals surface area contributed by atoms with E-state index in [1.54, 1.807) is 12.1 Å². The zero-order chi connectivity index (χ0) is 17.1. The lowest BCUT2D eigenvalue weighted by molar-refractivity contribution is -0.129. The minimum absolute atomic E-state index is 0.165. The number of nitrogens with zero attached hydrogens (tertiary/aromatic N) is 1. The van der Waals surface area contributed by atoms with E-state index in [4.69, 9.17) is 14.2 Å². The molecular formula is C15H16N2O6. The zero-order valence-electron chi connectivity index (χ0n) is 13.1. The molecule has 1 aliphatic heterocycles. The number of urea groups is 1. The summed E-state index contributed by atoms with van der Waals surface area (Å²) in [6.45, 7) is 0. The number of hydrogen-bond acceptors (Lipinski definition) is 6. The van der Waals surface area contributed by atoms with Crippen LogP contribution in [-0.4, -0.2) is 51.1 Å². The lowest BCUT2D eigenvalue weighted by Crippen LogP contribution is -2.52. The second-order valence-corrected chi connectivity index (χ2v) is 4.64. The number of amides is 4. The quantitative estimate of drug-likeness (QED) is 0.651. The van der Waals surface area contributed by atoms with Crippen molar-refractivity contribution in [2.45, 2.75) is 0 Å². The number of benzene rings is 1. The van der Waals surface area contributed by atoms with E-state index in [9.17, 15) is 14.4 Å². The van der Waals surface area contributed by atoms with Crippen LogP contribution >= 0.6 is 0 Å². The summed E-state index contributed by atoms with van der Waals surface area (Å²) in [7, 11) is 5.67. The first-order valence-corrected chi connectivity index (χ1v) is 6.58. The zero-order valence-corrected chi connectivity index (χ0v) is 13.1. The lowest BCUT2D eigenvalue weighted by atomic mass is 10.1. The highest BCUT2D eigenvalue weighted by Gasteiger charge is 2.33. The summed E-state index contributed by atoms with van der Waals surface area (Å²) in [6.07, 6.45) is 1.35. The normalized spacial score (nSPS) is 16.4. The number of nitrogens with one attached hydrogen (secondary N) is 1. The van der Waals surface area contributed by atoms with Gasteiger partial charge in [0, 0.05) is 7.05 Å². The average molecular weight is 320 g/mol. The van der Waals surface area contributed by atoms with E-state index in [0.717, 1.165) is 4.90 Å². The van der Waals surface area contributed by atoms with Gasteiger partial charge in [0.25, 0.3) is 11.8 Å². The fourth-order valence-electron chi connectivity index (χ4n) is 2.10. The van der Waals surface area contributed by atoms with Gasteiger partial charge in [-0.3, -0.25) is 19.8 Å². The van der Waals surface area contributed by atoms with E-state index < -0.39 is 17.8 Å². The van der Waals surface area contributed by atoms with E-state index in [-0.39, 0.29) is 5.57 Å². The van der Waals surface area contributed by atoms with Crippen LogP contribution in [0, 0.1) is 0 Å². The Morgan fingerprint density at radius 3 is 2.04 bits per heavy atom. The predicted molar refractivity (Wildman–Crippen MR) is 80.4 cm³/mol. The minimum atomic E-state index is -0.762. The monoisotopic (exact) mass is 320 g/mol. The molecule has 0 aromatic heterocycles. The molecule has 0 bridgehead atoms. The third-order valence-corrected chi connectivity index (χ3v) is 3.30. The summed E-state index contributed by atoms with van der Waals surface area (Å²) < 4.78 is 15.6. The Morgan fingerprint density at radius 2 is 1.57 bits per heavy atom. The maximum Gasteiger partial charge on any atom is 0.331 e. The van der Waals surface area contributed by atoms with Gasteiger partial charge in [-0.2, -0.15) is 0 Å². The van der Waals surface area contributed by atoms with Crippen molar-refractivity contribution in [3.8, 4) is 17.2 Å². The third kappa shape index (κ3) is 2.96. The molecular weight excluding hydrogens is 304 g/mol. The third-order valence-electron chi connectivity index (χ3n) is 3.30. The maximum atomic E-state index is 12.1. The molecule has 8 nitrogen and oxygen atoms in total. The molecule has 1 fully saturated rings. The van der Waals surface area contributed by atoms with Crippen molar-refractivity contribution in [1.82, 2.24) is 10.2 Å². The van der Waals surface area contributed by atoms with Gasteiger partial charge in [-0.05, 0) is 23.8 Å². The minimum Gasteiger partial charge on any atom is -0.493 e. The Kier molecular flexibility index (Phi) is 4.54. The van der Waals surface area contributed by atoms with Crippen molar-refractivity contribution in [3.05, 3.63) is 23.3 Å². The van der Waals surface area contributed by atoms with Crippen LogP contribution in [0.15, 0.2) is 17.7 Å². The first-order valence-electron chi connectivity index (χ1n) is 6.58. The summed E-state index contributed by atoms with van der Waals surface area (Å²) >= 11 is 0. The van der Waals surface area contributed by atoms with Gasteiger partial charge in [0.2, 0.25) is 5.75 Å². The first-order chi connectivity index (χ1) is 10.9. The Hall–Kier alpha value is -3.03. The van der Waals surface area contributed by atoms with Crippen molar-refractivity contribution in [2.75, 3.05) is 28.4 Å². The number of carbonyl (C=O) groups is 3. The van der Waals surface area contributed by atoms with Gasteiger partial charge in [0.05, 0.1) is 21.3 Å². The SMILES string of the molecule is COc1cc(C=C2C(=O)NC(=O)N(C)C2=O)cc(OC)c1OC. The van der Waals surface area contributed by atoms with E-state index in [0.29, 0.717) is 22.8 Å². The topological polar surface area (TPSA) is 94.2 Å². The van der Waals surface area contributed by atoms with E-state index in [1.165, 1.54) is 34.5 Å². The van der Waals surface area contributed by atoms with Crippen molar-refractivity contribution in [2.24, 2.45) is 0 Å². The molecule has 0 unspecified atom stereocenters. The van der Waals surface area contributed by atoms with Crippen molar-refractivity contribution in [3.63, 3.8) is 0 Å². The van der Waals surface area contributed by atoms with Gasteiger partial charge in [-0.15, -0.1) is 0 Å². The summed E-state index contributed by atoms with van der Waals surface area (Å²) in [4.78, 5) is 36.1. The van der Waals surface area contributed by atoms with Gasteiger partial charge in [0.15, 0.2) is 11.5 Å². The fraction of sp³-hybridized carbons (Fsp3) is 0.267. The fourth-order valence-corrected chi connectivity index (χ4v) is 2.10. The molecule has 122 valence electrons. The van der Waals surface area contributed by atoms with E-state index in [2.05, 4.69) is 5.32 Å². The highest BCUT2D eigenvalue weighted by atomic mass is 16.5. The Labute approximate surface area is 132 Å². The molecule has 1 heterocycles. The van der Waals surface area contributed by atoms with Crippen molar-refractivity contribution in [1.29, 1.82) is 0 Å². The predicted octanol–water partition coefficient (Wildman–Crippen LogP) is 0.804. The molecule has 2 rings (SSSR count). The highest BCUT2D eigenvalue weighted by Crippen LogP contribution is 2.38. The molecule has 1 saturated heterocycles. The van der Waals surface area contributed by atoms with Crippen LogP contribution in [0.4, 0.5) is 4.79 Å². The molecule has 4 amide bonds. The second kappa shape index (κ2) is 6.39. The smallest absolute Gasteiger partial charge is 0.331 e. The highest BCUT2D eigenvalue weighted by molar-refractivity contribution is 6.30. The van der Waals surface area contributed by atoms with Crippen LogP contribution in [-0.2, 0) is 9.59 Å². The molecule has 1 aliphatic rings. The second-order valence-electron chi connectivity index (χ2n) is 4.64. The molecule has 0 radical (unpaired) electrons. The van der Waals surface area contributed by atoms with Gasteiger partial charge < -0.3 is 14.2 Å². The Bertz CT molecular complexity index is 685. The number of carbonyl (C=O) groups excluding carboxylic acids is 3. The molecule has 0 saturated carbocycles. The number of likely N-dealkylation sites (N-methyl/N-ethyl adjacent to an activating group) is 1. The molecule has 1 N–H and O–H groups in total. The molecule has 8 heteroatoms. The number of imide groups is 2. The van der Waals surface area contributed by atoms with Crippen molar-refractivity contribution < 1.29 is 28.6 Å². The summed E-state index contributed by atoms with van der Waals surface area (Å²) in [6, 6.07) is 2.42. The van der Waals surface area contributed by atoms with Crippen LogP contribution in [0.3, 0.4) is 0 Å². The van der Waals surface area contributed by atoms with Gasteiger partial charge in [-0.25, -0.2) is 4.79 Å². The molecule has 0 aliphatic carbocycles. The number of hydrogen-bond donors (Lipinski definition) is 1.